The van der Waals surface area contributed by atoms with E-state index in [2.05, 4.69) is 5.32 Å². The quantitative estimate of drug-likeness (QED) is 0.294. The zero-order valence-electron chi connectivity index (χ0n) is 25.7. The standard InChI is InChI=1S/C33H43N3O5S/c1-8-30(32(38)34-33(5,6)7)35(22-26-13-11-10-12-25(26)4)31(37)23-36(27-16-18-28(19-17-27)41-9-2)42(39,40)29-20-14-24(3)15-21-29/h10-21,30H,8-9,22-23H2,1-7H3,(H,34,38). The van der Waals surface area contributed by atoms with Crippen LogP contribution in [0.1, 0.15) is 57.7 Å². The maximum atomic E-state index is 14.2. The van der Waals surface area contributed by atoms with Crippen LogP contribution in [0.15, 0.2) is 77.7 Å². The van der Waals surface area contributed by atoms with Crippen LogP contribution in [0.5, 0.6) is 5.75 Å². The number of hydrogen-bond donors (Lipinski definition) is 1. The molecule has 3 rings (SSSR count). The van der Waals surface area contributed by atoms with E-state index in [9.17, 15) is 18.0 Å². The zero-order chi connectivity index (χ0) is 31.1. The Kier molecular flexibility index (Phi) is 10.8. The van der Waals surface area contributed by atoms with Gasteiger partial charge in [0.15, 0.2) is 0 Å². The van der Waals surface area contributed by atoms with Crippen molar-refractivity contribution in [3.05, 3.63) is 89.5 Å². The largest absolute Gasteiger partial charge is 0.494 e. The molecule has 42 heavy (non-hydrogen) atoms. The van der Waals surface area contributed by atoms with Crippen LogP contribution in [0.4, 0.5) is 5.69 Å². The van der Waals surface area contributed by atoms with Crippen molar-refractivity contribution >= 4 is 27.5 Å². The summed E-state index contributed by atoms with van der Waals surface area (Å²) < 4.78 is 34.7. The lowest BCUT2D eigenvalue weighted by atomic mass is 10.0. The minimum atomic E-state index is -4.14. The molecule has 0 fully saturated rings. The van der Waals surface area contributed by atoms with Crippen LogP contribution in [-0.2, 0) is 26.2 Å². The summed E-state index contributed by atoms with van der Waals surface area (Å²) in [5.74, 6) is -0.189. The van der Waals surface area contributed by atoms with Gasteiger partial charge in [0.05, 0.1) is 17.2 Å². The molecule has 3 aromatic carbocycles. The molecule has 1 unspecified atom stereocenters. The van der Waals surface area contributed by atoms with E-state index in [0.717, 1.165) is 21.0 Å². The van der Waals surface area contributed by atoms with E-state index >= 15 is 0 Å². The number of hydrogen-bond acceptors (Lipinski definition) is 5. The van der Waals surface area contributed by atoms with Crippen molar-refractivity contribution < 1.29 is 22.7 Å². The third kappa shape index (κ3) is 8.35. The first-order chi connectivity index (χ1) is 19.8. The van der Waals surface area contributed by atoms with E-state index in [1.807, 2.05) is 72.7 Å². The number of sulfonamides is 1. The molecule has 0 spiro atoms. The summed E-state index contributed by atoms with van der Waals surface area (Å²) in [6.07, 6.45) is 0.354. The highest BCUT2D eigenvalue weighted by atomic mass is 32.2. The first-order valence-corrected chi connectivity index (χ1v) is 15.7. The molecule has 0 aliphatic heterocycles. The number of ether oxygens (including phenoxy) is 1. The Bertz CT molecular complexity index is 1460. The highest BCUT2D eigenvalue weighted by Crippen LogP contribution is 2.27. The molecule has 1 N–H and O–H groups in total. The summed E-state index contributed by atoms with van der Waals surface area (Å²) in [6, 6.07) is 20.0. The zero-order valence-corrected chi connectivity index (χ0v) is 26.5. The molecule has 0 aliphatic carbocycles. The Hall–Kier alpha value is -3.85. The fourth-order valence-corrected chi connectivity index (χ4v) is 6.00. The van der Waals surface area contributed by atoms with E-state index in [0.29, 0.717) is 24.5 Å². The Balaban J connectivity index is 2.08. The van der Waals surface area contributed by atoms with Gasteiger partial charge in [0.25, 0.3) is 10.0 Å². The molecular formula is C33H43N3O5S. The topological polar surface area (TPSA) is 96.0 Å². The number of nitrogens with one attached hydrogen (secondary N) is 1. The average molecular weight is 594 g/mol. The molecular weight excluding hydrogens is 550 g/mol. The van der Waals surface area contributed by atoms with Crippen LogP contribution in [0.3, 0.4) is 0 Å². The maximum Gasteiger partial charge on any atom is 0.264 e. The van der Waals surface area contributed by atoms with Crippen LogP contribution in [0.2, 0.25) is 0 Å². The van der Waals surface area contributed by atoms with Crippen molar-refractivity contribution in [2.24, 2.45) is 0 Å². The number of carbonyl (C=O) groups excluding carboxylic acids is 2. The van der Waals surface area contributed by atoms with Gasteiger partial charge in [-0.05, 0) is 95.5 Å². The molecule has 8 nitrogen and oxygen atoms in total. The lowest BCUT2D eigenvalue weighted by molar-refractivity contribution is -0.141. The van der Waals surface area contributed by atoms with Gasteiger partial charge >= 0.3 is 0 Å². The second-order valence-corrected chi connectivity index (χ2v) is 13.2. The fraction of sp³-hybridized carbons (Fsp3) is 0.394. The van der Waals surface area contributed by atoms with Crippen molar-refractivity contribution in [3.63, 3.8) is 0 Å². The third-order valence-corrected chi connectivity index (χ3v) is 8.60. The molecule has 0 radical (unpaired) electrons. The summed E-state index contributed by atoms with van der Waals surface area (Å²) >= 11 is 0. The van der Waals surface area contributed by atoms with Gasteiger partial charge in [-0.2, -0.15) is 0 Å². The SMILES string of the molecule is CCOc1ccc(N(CC(=O)N(Cc2ccccc2C)C(CC)C(=O)NC(C)(C)C)S(=O)(=O)c2ccc(C)cc2)cc1. The highest BCUT2D eigenvalue weighted by molar-refractivity contribution is 7.92. The lowest BCUT2D eigenvalue weighted by Gasteiger charge is -2.35. The van der Waals surface area contributed by atoms with Crippen molar-refractivity contribution in [2.75, 3.05) is 17.5 Å². The Morgan fingerprint density at radius 3 is 2.07 bits per heavy atom. The fourth-order valence-electron chi connectivity index (χ4n) is 4.58. The van der Waals surface area contributed by atoms with Crippen molar-refractivity contribution in [2.45, 2.75) is 77.9 Å². The summed E-state index contributed by atoms with van der Waals surface area (Å²) in [6.45, 7) is 13.3. The van der Waals surface area contributed by atoms with Gasteiger partial charge < -0.3 is 15.0 Å². The Morgan fingerprint density at radius 2 is 1.52 bits per heavy atom. The van der Waals surface area contributed by atoms with Gasteiger partial charge in [-0.25, -0.2) is 8.42 Å². The predicted molar refractivity (Wildman–Crippen MR) is 167 cm³/mol. The smallest absolute Gasteiger partial charge is 0.264 e. The molecule has 0 bridgehead atoms. The van der Waals surface area contributed by atoms with Crippen LogP contribution >= 0.6 is 0 Å². The number of rotatable bonds is 12. The van der Waals surface area contributed by atoms with Crippen LogP contribution in [0.25, 0.3) is 0 Å². The van der Waals surface area contributed by atoms with E-state index in [-0.39, 0.29) is 17.3 Å². The number of anilines is 1. The minimum absolute atomic E-state index is 0.0674. The summed E-state index contributed by atoms with van der Waals surface area (Å²) in [5.41, 5.74) is 2.57. The van der Waals surface area contributed by atoms with E-state index in [1.54, 1.807) is 36.4 Å². The normalized spacial score (nSPS) is 12.4. The van der Waals surface area contributed by atoms with E-state index < -0.39 is 34.1 Å². The molecule has 226 valence electrons. The van der Waals surface area contributed by atoms with Gasteiger partial charge in [0.2, 0.25) is 11.8 Å². The summed E-state index contributed by atoms with van der Waals surface area (Å²) in [7, 11) is -4.14. The van der Waals surface area contributed by atoms with Gasteiger partial charge in [-0.1, -0.05) is 48.9 Å². The number of amides is 2. The van der Waals surface area contributed by atoms with Crippen molar-refractivity contribution in [1.29, 1.82) is 0 Å². The second kappa shape index (κ2) is 13.9. The van der Waals surface area contributed by atoms with Gasteiger partial charge in [-0.3, -0.25) is 13.9 Å². The molecule has 3 aromatic rings. The Labute approximate surface area is 250 Å². The molecule has 0 heterocycles. The van der Waals surface area contributed by atoms with Crippen LogP contribution < -0.4 is 14.4 Å². The highest BCUT2D eigenvalue weighted by Gasteiger charge is 2.34. The Morgan fingerprint density at radius 1 is 0.905 bits per heavy atom. The number of aryl methyl sites for hydroxylation is 2. The molecule has 2 amide bonds. The summed E-state index contributed by atoms with van der Waals surface area (Å²) in [5, 5.41) is 2.99. The van der Waals surface area contributed by atoms with Gasteiger partial charge in [0, 0.05) is 12.1 Å². The first kappa shape index (κ1) is 32.7. The lowest BCUT2D eigenvalue weighted by Crippen LogP contribution is -2.55. The van der Waals surface area contributed by atoms with Crippen molar-refractivity contribution in [1.82, 2.24) is 10.2 Å². The molecule has 1 atom stereocenters. The molecule has 0 saturated carbocycles. The minimum Gasteiger partial charge on any atom is -0.494 e. The molecule has 0 aromatic heterocycles. The monoisotopic (exact) mass is 593 g/mol. The third-order valence-electron chi connectivity index (χ3n) is 6.81. The van der Waals surface area contributed by atoms with E-state index in [1.165, 1.54) is 17.0 Å². The molecule has 9 heteroatoms. The molecule has 0 saturated heterocycles. The predicted octanol–water partition coefficient (Wildman–Crippen LogP) is 5.62. The van der Waals surface area contributed by atoms with Crippen LogP contribution in [0, 0.1) is 13.8 Å². The summed E-state index contributed by atoms with van der Waals surface area (Å²) in [4.78, 5) is 29.3. The van der Waals surface area contributed by atoms with Crippen LogP contribution in [-0.4, -0.2) is 49.9 Å². The van der Waals surface area contributed by atoms with Gasteiger partial charge in [-0.15, -0.1) is 0 Å². The van der Waals surface area contributed by atoms with E-state index in [4.69, 9.17) is 4.74 Å². The number of nitrogens with zero attached hydrogens (tertiary/aromatic N) is 2. The first-order valence-electron chi connectivity index (χ1n) is 14.2. The maximum absolute atomic E-state index is 14.2. The number of carbonyl (C=O) groups is 2. The molecule has 0 aliphatic rings. The second-order valence-electron chi connectivity index (χ2n) is 11.4. The van der Waals surface area contributed by atoms with Crippen molar-refractivity contribution in [3.8, 4) is 5.75 Å². The van der Waals surface area contributed by atoms with Gasteiger partial charge in [0.1, 0.15) is 18.3 Å². The average Bonchev–Trinajstić information content (AvgIpc) is 2.92. The number of benzene rings is 3.